The SMILES string of the molecule is O=C(Cc1ccc(C(=O)O)cc1)NCC1(c2ccc(Cl)cc2)CC1. The Labute approximate surface area is 145 Å². The van der Waals surface area contributed by atoms with Gasteiger partial charge in [-0.1, -0.05) is 35.9 Å². The highest BCUT2D eigenvalue weighted by atomic mass is 35.5. The molecular formula is C19H18ClNO3. The second kappa shape index (κ2) is 6.65. The molecule has 0 atom stereocenters. The number of rotatable bonds is 6. The highest BCUT2D eigenvalue weighted by Crippen LogP contribution is 2.47. The number of benzene rings is 2. The molecule has 0 radical (unpaired) electrons. The van der Waals surface area contributed by atoms with Crippen LogP contribution in [0.3, 0.4) is 0 Å². The maximum Gasteiger partial charge on any atom is 0.335 e. The van der Waals surface area contributed by atoms with Gasteiger partial charge in [0, 0.05) is 17.0 Å². The summed E-state index contributed by atoms with van der Waals surface area (Å²) in [4.78, 5) is 23.0. The molecule has 0 aliphatic heterocycles. The molecule has 2 aromatic rings. The zero-order chi connectivity index (χ0) is 17.2. The fraction of sp³-hybridized carbons (Fsp3) is 0.263. The first-order valence-electron chi connectivity index (χ1n) is 7.83. The lowest BCUT2D eigenvalue weighted by Crippen LogP contribution is -2.33. The van der Waals surface area contributed by atoms with Crippen LogP contribution in [0.25, 0.3) is 0 Å². The van der Waals surface area contributed by atoms with Gasteiger partial charge in [-0.2, -0.15) is 0 Å². The van der Waals surface area contributed by atoms with E-state index in [1.807, 2.05) is 24.3 Å². The quantitative estimate of drug-likeness (QED) is 0.844. The molecule has 24 heavy (non-hydrogen) atoms. The first-order valence-corrected chi connectivity index (χ1v) is 8.21. The van der Waals surface area contributed by atoms with E-state index in [-0.39, 0.29) is 23.3 Å². The van der Waals surface area contributed by atoms with Gasteiger partial charge in [-0.05, 0) is 48.2 Å². The lowest BCUT2D eigenvalue weighted by Gasteiger charge is -2.17. The van der Waals surface area contributed by atoms with Crippen molar-refractivity contribution < 1.29 is 14.7 Å². The Morgan fingerprint density at radius 2 is 1.67 bits per heavy atom. The molecule has 4 nitrogen and oxygen atoms in total. The Bertz CT molecular complexity index is 749. The van der Waals surface area contributed by atoms with Crippen LogP contribution in [-0.4, -0.2) is 23.5 Å². The zero-order valence-corrected chi connectivity index (χ0v) is 13.8. The smallest absolute Gasteiger partial charge is 0.335 e. The van der Waals surface area contributed by atoms with E-state index < -0.39 is 5.97 Å². The van der Waals surface area contributed by atoms with Crippen LogP contribution >= 0.6 is 11.6 Å². The third-order valence-electron chi connectivity index (χ3n) is 4.50. The van der Waals surface area contributed by atoms with Gasteiger partial charge in [0.25, 0.3) is 0 Å². The summed E-state index contributed by atoms with van der Waals surface area (Å²) in [7, 11) is 0. The number of hydrogen-bond acceptors (Lipinski definition) is 2. The number of nitrogens with one attached hydrogen (secondary N) is 1. The van der Waals surface area contributed by atoms with Crippen molar-refractivity contribution in [2.75, 3.05) is 6.54 Å². The van der Waals surface area contributed by atoms with Crippen LogP contribution in [0.15, 0.2) is 48.5 Å². The molecule has 2 aromatic carbocycles. The standard InChI is InChI=1S/C19H18ClNO3/c20-16-7-5-15(6-8-16)19(9-10-19)12-21-17(22)11-13-1-3-14(4-2-13)18(23)24/h1-8H,9-12H2,(H,21,22)(H,23,24). The monoisotopic (exact) mass is 343 g/mol. The summed E-state index contributed by atoms with van der Waals surface area (Å²) in [5.41, 5.74) is 2.26. The van der Waals surface area contributed by atoms with Crippen LogP contribution in [0.4, 0.5) is 0 Å². The van der Waals surface area contributed by atoms with Crippen LogP contribution in [0.1, 0.15) is 34.3 Å². The second-order valence-electron chi connectivity index (χ2n) is 6.24. The topological polar surface area (TPSA) is 66.4 Å². The van der Waals surface area contributed by atoms with Gasteiger partial charge in [0.2, 0.25) is 5.91 Å². The van der Waals surface area contributed by atoms with Gasteiger partial charge in [0.05, 0.1) is 12.0 Å². The van der Waals surface area contributed by atoms with Gasteiger partial charge in [-0.25, -0.2) is 4.79 Å². The maximum atomic E-state index is 12.1. The fourth-order valence-electron chi connectivity index (χ4n) is 2.80. The van der Waals surface area contributed by atoms with Crippen molar-refractivity contribution in [3.05, 3.63) is 70.2 Å². The summed E-state index contributed by atoms with van der Waals surface area (Å²) in [5, 5.41) is 12.6. The van der Waals surface area contributed by atoms with E-state index in [4.69, 9.17) is 16.7 Å². The van der Waals surface area contributed by atoms with Crippen molar-refractivity contribution >= 4 is 23.5 Å². The number of aromatic carboxylic acids is 1. The molecule has 0 unspecified atom stereocenters. The van der Waals surface area contributed by atoms with Crippen molar-refractivity contribution in [3.8, 4) is 0 Å². The summed E-state index contributed by atoms with van der Waals surface area (Å²) in [6.07, 6.45) is 2.36. The molecule has 2 N–H and O–H groups in total. The first-order chi connectivity index (χ1) is 11.5. The average Bonchev–Trinajstić information content (AvgIpc) is 3.35. The zero-order valence-electron chi connectivity index (χ0n) is 13.1. The van der Waals surface area contributed by atoms with E-state index in [1.54, 1.807) is 12.1 Å². The molecule has 1 amide bonds. The van der Waals surface area contributed by atoms with Crippen LogP contribution in [0, 0.1) is 0 Å². The Balaban J connectivity index is 1.55. The molecule has 124 valence electrons. The highest BCUT2D eigenvalue weighted by Gasteiger charge is 2.44. The Kier molecular flexibility index (Phi) is 4.58. The van der Waals surface area contributed by atoms with E-state index in [0.717, 1.165) is 18.4 Å². The molecule has 1 fully saturated rings. The molecule has 5 heteroatoms. The minimum atomic E-state index is -0.968. The third-order valence-corrected chi connectivity index (χ3v) is 4.75. The predicted octanol–water partition coefficient (Wildman–Crippen LogP) is 3.43. The van der Waals surface area contributed by atoms with Crippen molar-refractivity contribution in [3.63, 3.8) is 0 Å². The minimum absolute atomic E-state index is 0.0351. The maximum absolute atomic E-state index is 12.1. The summed E-state index contributed by atoms with van der Waals surface area (Å²) in [5.74, 6) is -1.03. The van der Waals surface area contributed by atoms with Crippen LogP contribution in [-0.2, 0) is 16.6 Å². The molecule has 0 heterocycles. The lowest BCUT2D eigenvalue weighted by atomic mass is 9.96. The number of hydrogen-bond donors (Lipinski definition) is 2. The Morgan fingerprint density at radius 3 is 2.21 bits per heavy atom. The van der Waals surface area contributed by atoms with Crippen LogP contribution in [0.2, 0.25) is 5.02 Å². The first kappa shape index (κ1) is 16.5. The van der Waals surface area contributed by atoms with Gasteiger partial charge < -0.3 is 10.4 Å². The average molecular weight is 344 g/mol. The third kappa shape index (κ3) is 3.77. The summed E-state index contributed by atoms with van der Waals surface area (Å²) in [6, 6.07) is 14.2. The molecule has 0 bridgehead atoms. The van der Waals surface area contributed by atoms with Crippen molar-refractivity contribution in [1.29, 1.82) is 0 Å². The number of carbonyl (C=O) groups excluding carboxylic acids is 1. The number of carboxylic acid groups (broad SMARTS) is 1. The van der Waals surface area contributed by atoms with Crippen LogP contribution in [0.5, 0.6) is 0 Å². The van der Waals surface area contributed by atoms with Crippen molar-refractivity contribution in [2.24, 2.45) is 0 Å². The van der Waals surface area contributed by atoms with E-state index >= 15 is 0 Å². The molecule has 1 aliphatic rings. The van der Waals surface area contributed by atoms with E-state index in [9.17, 15) is 9.59 Å². The van der Waals surface area contributed by atoms with E-state index in [0.29, 0.717) is 11.6 Å². The normalized spacial score (nSPS) is 14.9. The number of amides is 1. The summed E-state index contributed by atoms with van der Waals surface area (Å²) >= 11 is 5.92. The van der Waals surface area contributed by atoms with Gasteiger partial charge in [0.15, 0.2) is 0 Å². The van der Waals surface area contributed by atoms with Gasteiger partial charge in [0.1, 0.15) is 0 Å². The molecule has 0 saturated heterocycles. The number of halogens is 1. The molecule has 1 saturated carbocycles. The van der Waals surface area contributed by atoms with Crippen molar-refractivity contribution in [1.82, 2.24) is 5.32 Å². The molecule has 1 aliphatic carbocycles. The predicted molar refractivity (Wildman–Crippen MR) is 92.5 cm³/mol. The van der Waals surface area contributed by atoms with E-state index in [1.165, 1.54) is 17.7 Å². The molecule has 0 aromatic heterocycles. The summed E-state index contributed by atoms with van der Waals surface area (Å²) < 4.78 is 0. The van der Waals surface area contributed by atoms with E-state index in [2.05, 4.69) is 5.32 Å². The fourth-order valence-corrected chi connectivity index (χ4v) is 2.93. The number of carbonyl (C=O) groups is 2. The van der Waals surface area contributed by atoms with Gasteiger partial charge in [-0.3, -0.25) is 4.79 Å². The van der Waals surface area contributed by atoms with Crippen LogP contribution < -0.4 is 5.32 Å². The number of carboxylic acids is 1. The molecular weight excluding hydrogens is 326 g/mol. The van der Waals surface area contributed by atoms with Crippen molar-refractivity contribution in [2.45, 2.75) is 24.7 Å². The summed E-state index contributed by atoms with van der Waals surface area (Å²) in [6.45, 7) is 0.612. The Hall–Kier alpha value is -2.33. The second-order valence-corrected chi connectivity index (χ2v) is 6.68. The minimum Gasteiger partial charge on any atom is -0.478 e. The molecule has 3 rings (SSSR count). The lowest BCUT2D eigenvalue weighted by molar-refractivity contribution is -0.120. The van der Waals surface area contributed by atoms with Gasteiger partial charge >= 0.3 is 5.97 Å². The molecule has 0 spiro atoms. The Morgan fingerprint density at radius 1 is 1.04 bits per heavy atom. The van der Waals surface area contributed by atoms with Gasteiger partial charge in [-0.15, -0.1) is 0 Å². The highest BCUT2D eigenvalue weighted by molar-refractivity contribution is 6.30. The largest absolute Gasteiger partial charge is 0.478 e.